The lowest BCUT2D eigenvalue weighted by Gasteiger charge is -2.10. The number of aryl methyl sites for hydroxylation is 1. The first-order chi connectivity index (χ1) is 13.5. The highest BCUT2D eigenvalue weighted by molar-refractivity contribution is 5.79. The molecule has 0 aliphatic rings. The van der Waals surface area contributed by atoms with Gasteiger partial charge in [0.1, 0.15) is 6.26 Å². The number of oxazole rings is 1. The van der Waals surface area contributed by atoms with Gasteiger partial charge >= 0.3 is 0 Å². The molecule has 3 rings (SSSR count). The fourth-order valence-electron chi connectivity index (χ4n) is 2.53. The Morgan fingerprint density at radius 2 is 1.79 bits per heavy atom. The van der Waals surface area contributed by atoms with Crippen molar-refractivity contribution >= 4 is 11.6 Å². The lowest BCUT2D eigenvalue weighted by Crippen LogP contribution is -2.36. The van der Waals surface area contributed by atoms with Crippen LogP contribution < -0.4 is 10.6 Å². The molecule has 0 atom stereocenters. The van der Waals surface area contributed by atoms with E-state index < -0.39 is 4.92 Å². The number of non-ortho nitro benzene ring substituents is 1. The minimum absolute atomic E-state index is 0.0710. The van der Waals surface area contributed by atoms with Gasteiger partial charge in [0, 0.05) is 31.3 Å². The van der Waals surface area contributed by atoms with E-state index in [-0.39, 0.29) is 5.69 Å². The first kappa shape index (κ1) is 19.1. The molecule has 0 spiro atoms. The minimum Gasteiger partial charge on any atom is -0.444 e. The summed E-state index contributed by atoms with van der Waals surface area (Å²) in [6.45, 7) is 2.98. The van der Waals surface area contributed by atoms with E-state index in [1.165, 1.54) is 17.7 Å². The number of nitro groups is 1. The first-order valence-corrected chi connectivity index (χ1v) is 8.74. The molecular weight excluding hydrogens is 358 g/mol. The van der Waals surface area contributed by atoms with Gasteiger partial charge in [-0.05, 0) is 24.6 Å². The van der Waals surface area contributed by atoms with Crippen molar-refractivity contribution in [3.8, 4) is 11.5 Å². The second-order valence-electron chi connectivity index (χ2n) is 6.21. The van der Waals surface area contributed by atoms with E-state index in [9.17, 15) is 10.1 Å². The number of benzene rings is 2. The van der Waals surface area contributed by atoms with E-state index >= 15 is 0 Å². The summed E-state index contributed by atoms with van der Waals surface area (Å²) in [4.78, 5) is 18.9. The zero-order chi connectivity index (χ0) is 19.9. The monoisotopic (exact) mass is 379 g/mol. The normalized spacial score (nSPS) is 11.3. The summed E-state index contributed by atoms with van der Waals surface area (Å²) in [5.74, 6) is 1.17. The van der Waals surface area contributed by atoms with E-state index in [2.05, 4.69) is 20.6 Å². The van der Waals surface area contributed by atoms with Crippen molar-refractivity contribution in [2.24, 2.45) is 4.99 Å². The molecule has 144 valence electrons. The Hall–Kier alpha value is -3.68. The minimum atomic E-state index is -0.416. The summed E-state index contributed by atoms with van der Waals surface area (Å²) in [5, 5.41) is 17.0. The molecular formula is C20H21N5O3. The molecule has 0 saturated carbocycles. The Bertz CT molecular complexity index is 962. The molecule has 0 aliphatic heterocycles. The summed E-state index contributed by atoms with van der Waals surface area (Å²) in [6.07, 6.45) is 1.62. The Labute approximate surface area is 162 Å². The number of guanidine groups is 1. The van der Waals surface area contributed by atoms with Gasteiger partial charge in [-0.2, -0.15) is 0 Å². The van der Waals surface area contributed by atoms with Crippen molar-refractivity contribution < 1.29 is 9.34 Å². The van der Waals surface area contributed by atoms with E-state index in [4.69, 9.17) is 4.42 Å². The predicted molar refractivity (Wildman–Crippen MR) is 107 cm³/mol. The average Bonchev–Trinajstić information content (AvgIpc) is 3.18. The molecule has 0 radical (unpaired) electrons. The van der Waals surface area contributed by atoms with Gasteiger partial charge in [-0.25, -0.2) is 4.98 Å². The van der Waals surface area contributed by atoms with Crippen LogP contribution in [-0.4, -0.2) is 22.9 Å². The zero-order valence-corrected chi connectivity index (χ0v) is 15.7. The molecule has 0 aliphatic carbocycles. The zero-order valence-electron chi connectivity index (χ0n) is 15.7. The summed E-state index contributed by atoms with van der Waals surface area (Å²) >= 11 is 0. The van der Waals surface area contributed by atoms with E-state index in [0.29, 0.717) is 24.9 Å². The number of aliphatic imine (C=N–C) groups is 1. The second-order valence-corrected chi connectivity index (χ2v) is 6.21. The van der Waals surface area contributed by atoms with Gasteiger partial charge in [-0.1, -0.05) is 29.8 Å². The standard InChI is InChI=1S/C20H21N5O3/c1-14-3-7-16(8-4-14)19-24-17(13-28-19)12-23-20(21-2)22-11-15-5-9-18(10-6-15)25(26)27/h3-10,13H,11-12H2,1-2H3,(H2,21,22,23). The van der Waals surface area contributed by atoms with Crippen LogP contribution in [0.15, 0.2) is 64.2 Å². The fourth-order valence-corrected chi connectivity index (χ4v) is 2.53. The van der Waals surface area contributed by atoms with Crippen molar-refractivity contribution in [2.75, 3.05) is 7.05 Å². The molecule has 8 heteroatoms. The van der Waals surface area contributed by atoms with Crippen LogP contribution in [0.5, 0.6) is 0 Å². The van der Waals surface area contributed by atoms with Crippen molar-refractivity contribution in [3.05, 3.63) is 81.7 Å². The molecule has 0 fully saturated rings. The summed E-state index contributed by atoms with van der Waals surface area (Å²) in [5.41, 5.74) is 3.85. The summed E-state index contributed by atoms with van der Waals surface area (Å²) in [6, 6.07) is 14.4. The van der Waals surface area contributed by atoms with Crippen LogP contribution in [-0.2, 0) is 13.1 Å². The highest BCUT2D eigenvalue weighted by Crippen LogP contribution is 2.19. The van der Waals surface area contributed by atoms with Gasteiger partial charge in [-0.3, -0.25) is 15.1 Å². The van der Waals surface area contributed by atoms with Crippen molar-refractivity contribution in [1.82, 2.24) is 15.6 Å². The van der Waals surface area contributed by atoms with Gasteiger partial charge in [0.25, 0.3) is 5.69 Å². The molecule has 8 nitrogen and oxygen atoms in total. The smallest absolute Gasteiger partial charge is 0.269 e. The number of nitrogens with one attached hydrogen (secondary N) is 2. The highest BCUT2D eigenvalue weighted by atomic mass is 16.6. The predicted octanol–water partition coefficient (Wildman–Crippen LogP) is 3.42. The van der Waals surface area contributed by atoms with E-state index in [1.807, 2.05) is 31.2 Å². The maximum Gasteiger partial charge on any atom is 0.269 e. The SMILES string of the molecule is CN=C(NCc1ccc([N+](=O)[O-])cc1)NCc1coc(-c2ccc(C)cc2)n1. The number of rotatable bonds is 6. The maximum atomic E-state index is 10.7. The van der Waals surface area contributed by atoms with Crippen molar-refractivity contribution in [2.45, 2.75) is 20.0 Å². The Balaban J connectivity index is 1.53. The topological polar surface area (TPSA) is 106 Å². The third kappa shape index (κ3) is 4.94. The number of aromatic nitrogens is 1. The van der Waals surface area contributed by atoms with Crippen LogP contribution in [0.3, 0.4) is 0 Å². The van der Waals surface area contributed by atoms with Gasteiger partial charge in [-0.15, -0.1) is 0 Å². The molecule has 0 saturated heterocycles. The second kappa shape index (κ2) is 8.81. The summed E-state index contributed by atoms with van der Waals surface area (Å²) in [7, 11) is 1.67. The number of nitro benzene ring substituents is 1. The van der Waals surface area contributed by atoms with E-state index in [0.717, 1.165) is 16.8 Å². The highest BCUT2D eigenvalue weighted by Gasteiger charge is 2.08. The Morgan fingerprint density at radius 1 is 1.11 bits per heavy atom. The molecule has 1 aromatic heterocycles. The third-order valence-electron chi connectivity index (χ3n) is 4.12. The average molecular weight is 379 g/mol. The van der Waals surface area contributed by atoms with Gasteiger partial charge < -0.3 is 15.1 Å². The van der Waals surface area contributed by atoms with Gasteiger partial charge in [0.2, 0.25) is 5.89 Å². The number of hydrogen-bond acceptors (Lipinski definition) is 5. The number of hydrogen-bond donors (Lipinski definition) is 2. The van der Waals surface area contributed by atoms with Crippen LogP contribution in [0.25, 0.3) is 11.5 Å². The fraction of sp³-hybridized carbons (Fsp3) is 0.200. The van der Waals surface area contributed by atoms with Crippen molar-refractivity contribution in [3.63, 3.8) is 0 Å². The first-order valence-electron chi connectivity index (χ1n) is 8.74. The molecule has 28 heavy (non-hydrogen) atoms. The molecule has 0 amide bonds. The Kier molecular flexibility index (Phi) is 6.01. The van der Waals surface area contributed by atoms with Gasteiger partial charge in [0.05, 0.1) is 17.2 Å². The third-order valence-corrected chi connectivity index (χ3v) is 4.12. The molecule has 3 aromatic rings. The molecule has 1 heterocycles. The maximum absolute atomic E-state index is 10.7. The molecule has 2 aromatic carbocycles. The Morgan fingerprint density at radius 3 is 2.43 bits per heavy atom. The van der Waals surface area contributed by atoms with Crippen molar-refractivity contribution in [1.29, 1.82) is 0 Å². The molecule has 0 unspecified atom stereocenters. The lowest BCUT2D eigenvalue weighted by atomic mass is 10.1. The van der Waals surface area contributed by atoms with Crippen LogP contribution in [0.4, 0.5) is 5.69 Å². The van der Waals surface area contributed by atoms with Crippen LogP contribution in [0.1, 0.15) is 16.8 Å². The van der Waals surface area contributed by atoms with Gasteiger partial charge in [0.15, 0.2) is 5.96 Å². The van der Waals surface area contributed by atoms with Crippen LogP contribution in [0, 0.1) is 17.0 Å². The number of nitrogens with zero attached hydrogens (tertiary/aromatic N) is 3. The van der Waals surface area contributed by atoms with E-state index in [1.54, 1.807) is 25.4 Å². The molecule has 2 N–H and O–H groups in total. The quantitative estimate of drug-likeness (QED) is 0.294. The van der Waals surface area contributed by atoms with Crippen LogP contribution in [0.2, 0.25) is 0 Å². The van der Waals surface area contributed by atoms with Crippen LogP contribution >= 0.6 is 0 Å². The largest absolute Gasteiger partial charge is 0.444 e. The lowest BCUT2D eigenvalue weighted by molar-refractivity contribution is -0.384. The molecule has 0 bridgehead atoms. The summed E-state index contributed by atoms with van der Waals surface area (Å²) < 4.78 is 5.55.